The number of aliphatic hydroxyl groups is 2. The van der Waals surface area contributed by atoms with Crippen LogP contribution in [0.4, 0.5) is 0 Å². The van der Waals surface area contributed by atoms with Gasteiger partial charge in [-0.05, 0) is 38.5 Å². The van der Waals surface area contributed by atoms with Crippen LogP contribution in [0.2, 0.25) is 0 Å². The number of rotatable bonds is 36. The summed E-state index contributed by atoms with van der Waals surface area (Å²) < 4.78 is 22.0. The molecule has 0 aliphatic carbocycles. The molecule has 6 N–H and O–H groups in total. The molecule has 0 aliphatic rings. The molecule has 0 aromatic heterocycles. The van der Waals surface area contributed by atoms with E-state index in [-0.39, 0.29) is 26.2 Å². The molecule has 4 unspecified atom stereocenters. The molecule has 0 aromatic rings. The summed E-state index contributed by atoms with van der Waals surface area (Å²) in [5.41, 5.74) is 5.35. The number of nitrogens with two attached hydrogens (primary N) is 1. The predicted molar refractivity (Wildman–Crippen MR) is 195 cm³/mol. The summed E-state index contributed by atoms with van der Waals surface area (Å²) in [5.74, 6) is -0.430. The van der Waals surface area contributed by atoms with E-state index in [1.807, 2.05) is 0 Å². The fourth-order valence-corrected chi connectivity index (χ4v) is 6.47. The Hall–Kier alpha value is -0.800. The molecule has 47 heavy (non-hydrogen) atoms. The van der Waals surface area contributed by atoms with Gasteiger partial charge in [0.25, 0.3) is 0 Å². The third kappa shape index (κ3) is 32.2. The molecule has 0 heterocycles. The summed E-state index contributed by atoms with van der Waals surface area (Å²) in [5, 5.41) is 24.0. The Kier molecular flexibility index (Phi) is 33.1. The smallest absolute Gasteiger partial charge is 0.393 e. The zero-order valence-electron chi connectivity index (χ0n) is 30.4. The lowest BCUT2D eigenvalue weighted by atomic mass is 10.0. The maximum Gasteiger partial charge on any atom is 0.472 e. The molecule has 0 radical (unpaired) electrons. The van der Waals surface area contributed by atoms with Gasteiger partial charge in [-0.15, -0.1) is 0 Å². The van der Waals surface area contributed by atoms with Crippen molar-refractivity contribution in [2.45, 2.75) is 199 Å². The molecule has 1 amide bonds. The van der Waals surface area contributed by atoms with Gasteiger partial charge < -0.3 is 26.2 Å². The van der Waals surface area contributed by atoms with Crippen LogP contribution in [0.5, 0.6) is 0 Å². The number of aliphatic hydroxyl groups excluding tert-OH is 2. The summed E-state index contributed by atoms with van der Waals surface area (Å²) in [6.45, 7) is 4.00. The zero-order valence-corrected chi connectivity index (χ0v) is 31.3. The van der Waals surface area contributed by atoms with Crippen molar-refractivity contribution in [1.82, 2.24) is 5.32 Å². The lowest BCUT2D eigenvalue weighted by Gasteiger charge is -2.25. The molecule has 280 valence electrons. The Morgan fingerprint density at radius 3 is 1.68 bits per heavy atom. The van der Waals surface area contributed by atoms with Crippen molar-refractivity contribution in [3.05, 3.63) is 12.2 Å². The fourth-order valence-electron chi connectivity index (χ4n) is 5.71. The Balaban J connectivity index is 4.39. The Morgan fingerprint density at radius 1 is 0.702 bits per heavy atom. The van der Waals surface area contributed by atoms with Gasteiger partial charge >= 0.3 is 7.82 Å². The molecule has 0 bridgehead atoms. The van der Waals surface area contributed by atoms with Gasteiger partial charge in [0.05, 0.1) is 37.9 Å². The molecule has 0 rings (SSSR count). The van der Waals surface area contributed by atoms with Crippen LogP contribution in [0.15, 0.2) is 12.2 Å². The normalized spacial score (nSPS) is 15.1. The minimum Gasteiger partial charge on any atom is -0.393 e. The van der Waals surface area contributed by atoms with Crippen LogP contribution in [0.25, 0.3) is 0 Å². The minimum absolute atomic E-state index is 0.0582. The van der Waals surface area contributed by atoms with E-state index in [0.29, 0.717) is 12.8 Å². The van der Waals surface area contributed by atoms with Gasteiger partial charge in [0.1, 0.15) is 0 Å². The van der Waals surface area contributed by atoms with E-state index in [0.717, 1.165) is 38.5 Å². The molecule has 0 aromatic carbocycles. The van der Waals surface area contributed by atoms with Crippen molar-refractivity contribution in [2.24, 2.45) is 5.73 Å². The van der Waals surface area contributed by atoms with Crippen LogP contribution in [0.3, 0.4) is 0 Å². The fraction of sp³-hybridized carbons (Fsp3) is 0.919. The van der Waals surface area contributed by atoms with E-state index >= 15 is 0 Å². The van der Waals surface area contributed by atoms with E-state index in [2.05, 4.69) is 31.3 Å². The van der Waals surface area contributed by atoms with Crippen LogP contribution < -0.4 is 11.1 Å². The number of phosphoric acid groups is 1. The van der Waals surface area contributed by atoms with Crippen molar-refractivity contribution in [1.29, 1.82) is 0 Å². The summed E-state index contributed by atoms with van der Waals surface area (Å²) >= 11 is 0. The van der Waals surface area contributed by atoms with E-state index in [1.165, 1.54) is 109 Å². The molecule has 0 saturated heterocycles. The largest absolute Gasteiger partial charge is 0.472 e. The molecule has 10 heteroatoms. The third-order valence-corrected chi connectivity index (χ3v) is 9.66. The van der Waals surface area contributed by atoms with Crippen molar-refractivity contribution in [3.63, 3.8) is 0 Å². The lowest BCUT2D eigenvalue weighted by molar-refractivity contribution is -0.125. The van der Waals surface area contributed by atoms with Gasteiger partial charge in [0.2, 0.25) is 5.91 Å². The number of nitrogens with one attached hydrogen (secondary N) is 1. The van der Waals surface area contributed by atoms with Crippen molar-refractivity contribution in [2.75, 3.05) is 19.8 Å². The number of amides is 1. The maximum atomic E-state index is 12.7. The van der Waals surface area contributed by atoms with E-state index < -0.39 is 32.0 Å². The number of hydrogen-bond acceptors (Lipinski definition) is 7. The first-order chi connectivity index (χ1) is 22.8. The van der Waals surface area contributed by atoms with Crippen LogP contribution in [-0.2, 0) is 18.4 Å². The Labute approximate surface area is 288 Å². The first-order valence-electron chi connectivity index (χ1n) is 19.4. The second kappa shape index (κ2) is 33.7. The van der Waals surface area contributed by atoms with Gasteiger partial charge in [-0.25, -0.2) is 4.57 Å². The number of phosphoric ester groups is 1. The Morgan fingerprint density at radius 2 is 1.17 bits per heavy atom. The number of hydrogen-bond donors (Lipinski definition) is 5. The highest BCUT2D eigenvalue weighted by Crippen LogP contribution is 2.43. The van der Waals surface area contributed by atoms with E-state index in [9.17, 15) is 24.5 Å². The monoisotopic (exact) mass is 691 g/mol. The van der Waals surface area contributed by atoms with Crippen LogP contribution in [0, 0.1) is 0 Å². The van der Waals surface area contributed by atoms with Crippen molar-refractivity contribution in [3.8, 4) is 0 Å². The molecule has 0 aliphatic heterocycles. The highest BCUT2D eigenvalue weighted by molar-refractivity contribution is 7.47. The number of carbonyl (C=O) groups excluding carboxylic acids is 1. The van der Waals surface area contributed by atoms with Gasteiger partial charge in [-0.2, -0.15) is 0 Å². The molecular weight excluding hydrogens is 615 g/mol. The van der Waals surface area contributed by atoms with E-state index in [1.54, 1.807) is 0 Å². The second-order valence-corrected chi connectivity index (χ2v) is 14.8. The molecule has 0 fully saturated rings. The number of carbonyl (C=O) groups is 1. The van der Waals surface area contributed by atoms with Crippen LogP contribution >= 0.6 is 7.82 Å². The highest BCUT2D eigenvalue weighted by atomic mass is 31.2. The van der Waals surface area contributed by atoms with Crippen LogP contribution in [-0.4, -0.2) is 59.0 Å². The summed E-state index contributed by atoms with van der Waals surface area (Å²) in [4.78, 5) is 22.6. The van der Waals surface area contributed by atoms with Gasteiger partial charge in [-0.1, -0.05) is 148 Å². The highest BCUT2D eigenvalue weighted by Gasteiger charge is 2.28. The average Bonchev–Trinajstić information content (AvgIpc) is 3.04. The van der Waals surface area contributed by atoms with Gasteiger partial charge in [0, 0.05) is 6.54 Å². The standard InChI is InChI=1S/C37H75N2O7P/c1-3-5-7-9-11-13-15-16-17-19-21-23-25-27-29-36(41)35(33-46-47(43,44)45-31-30-38)39-37(42)32-34(40)28-26-24-22-20-18-14-12-10-8-6-4-2/h20,22,34-36,40-41H,3-19,21,23-33,38H2,1-2H3,(H,39,42)(H,43,44)/b22-20-. The topological polar surface area (TPSA) is 151 Å². The third-order valence-electron chi connectivity index (χ3n) is 8.67. The van der Waals surface area contributed by atoms with Crippen molar-refractivity contribution >= 4 is 13.7 Å². The first kappa shape index (κ1) is 46.2. The molecular formula is C37H75N2O7P. The number of allylic oxidation sites excluding steroid dienone is 2. The average molecular weight is 691 g/mol. The zero-order chi connectivity index (χ0) is 34.9. The van der Waals surface area contributed by atoms with Gasteiger partial charge in [-0.3, -0.25) is 13.8 Å². The SMILES string of the molecule is CCCCCCCC/C=C\CCCC(O)CC(=O)NC(COP(=O)(O)OCCN)C(O)CCCCCCCCCCCCCCCC. The molecule has 4 atom stereocenters. The predicted octanol–water partition coefficient (Wildman–Crippen LogP) is 9.02. The maximum absolute atomic E-state index is 12.7. The second-order valence-electron chi connectivity index (χ2n) is 13.3. The lowest BCUT2D eigenvalue weighted by Crippen LogP contribution is -2.47. The minimum atomic E-state index is -4.37. The quantitative estimate of drug-likeness (QED) is 0.0248. The van der Waals surface area contributed by atoms with Gasteiger partial charge in [0.15, 0.2) is 0 Å². The molecule has 9 nitrogen and oxygen atoms in total. The first-order valence-corrected chi connectivity index (χ1v) is 20.9. The Bertz CT molecular complexity index is 771. The molecule has 0 saturated carbocycles. The number of unbranched alkanes of at least 4 members (excludes halogenated alkanes) is 20. The van der Waals surface area contributed by atoms with E-state index in [4.69, 9.17) is 14.8 Å². The van der Waals surface area contributed by atoms with Crippen molar-refractivity contribution < 1.29 is 33.5 Å². The summed E-state index contributed by atoms with van der Waals surface area (Å²) in [6, 6.07) is -0.900. The summed E-state index contributed by atoms with van der Waals surface area (Å²) in [6.07, 6.45) is 31.1. The van der Waals surface area contributed by atoms with Crippen LogP contribution in [0.1, 0.15) is 181 Å². The summed E-state index contributed by atoms with van der Waals surface area (Å²) in [7, 11) is -4.37. The molecule has 0 spiro atoms.